The van der Waals surface area contributed by atoms with Gasteiger partial charge >= 0.3 is 0 Å². The molecule has 0 radical (unpaired) electrons. The molecular weight excluding hydrogens is 188 g/mol. The second-order valence-electron chi connectivity index (χ2n) is 5.53. The Balaban J connectivity index is 2.53. The molecule has 1 aliphatic rings. The predicted molar refractivity (Wildman–Crippen MR) is 62.8 cm³/mol. The number of rotatable bonds is 5. The summed E-state index contributed by atoms with van der Waals surface area (Å²) in [5, 5.41) is 9.92. The summed E-state index contributed by atoms with van der Waals surface area (Å²) < 4.78 is 5.48. The number of aliphatic hydroxyl groups excluding tert-OH is 1. The molecule has 15 heavy (non-hydrogen) atoms. The van der Waals surface area contributed by atoms with E-state index in [4.69, 9.17) is 4.74 Å². The molecule has 0 bridgehead atoms. The van der Waals surface area contributed by atoms with Gasteiger partial charge in [-0.1, -0.05) is 13.3 Å². The number of hydrogen-bond acceptors (Lipinski definition) is 2. The standard InChI is InChI=1S/C13H26O2/c1-5-6-11-10(7-8-12(11)14)9-13(2,3)15-4/h10-12,14H,5-9H2,1-4H3. The second kappa shape index (κ2) is 5.31. The first-order chi connectivity index (χ1) is 7.00. The minimum atomic E-state index is -0.0670. The van der Waals surface area contributed by atoms with E-state index in [1.807, 2.05) is 0 Å². The van der Waals surface area contributed by atoms with Crippen molar-refractivity contribution in [2.24, 2.45) is 11.8 Å². The lowest BCUT2D eigenvalue weighted by Gasteiger charge is -2.30. The molecule has 0 amide bonds. The molecule has 1 saturated carbocycles. The van der Waals surface area contributed by atoms with Gasteiger partial charge in [-0.05, 0) is 51.4 Å². The zero-order valence-electron chi connectivity index (χ0n) is 10.6. The van der Waals surface area contributed by atoms with E-state index in [1.54, 1.807) is 7.11 Å². The Labute approximate surface area is 94.0 Å². The van der Waals surface area contributed by atoms with E-state index in [2.05, 4.69) is 20.8 Å². The maximum Gasteiger partial charge on any atom is 0.0625 e. The molecule has 0 aromatic rings. The average molecular weight is 214 g/mol. The Morgan fingerprint density at radius 2 is 2.00 bits per heavy atom. The first-order valence-corrected chi connectivity index (χ1v) is 6.23. The van der Waals surface area contributed by atoms with Gasteiger partial charge in [-0.3, -0.25) is 0 Å². The number of methoxy groups -OCH3 is 1. The zero-order chi connectivity index (χ0) is 11.5. The summed E-state index contributed by atoms with van der Waals surface area (Å²) in [6.45, 7) is 6.48. The van der Waals surface area contributed by atoms with E-state index in [9.17, 15) is 5.11 Å². The topological polar surface area (TPSA) is 29.5 Å². The van der Waals surface area contributed by atoms with Gasteiger partial charge in [0.25, 0.3) is 0 Å². The van der Waals surface area contributed by atoms with E-state index in [0.717, 1.165) is 19.3 Å². The van der Waals surface area contributed by atoms with Gasteiger partial charge in [0.2, 0.25) is 0 Å². The van der Waals surface area contributed by atoms with Crippen LogP contribution in [0.3, 0.4) is 0 Å². The largest absolute Gasteiger partial charge is 0.393 e. The van der Waals surface area contributed by atoms with Crippen LogP contribution in [0.25, 0.3) is 0 Å². The predicted octanol–water partition coefficient (Wildman–Crippen LogP) is 2.99. The van der Waals surface area contributed by atoms with Crippen LogP contribution in [0.1, 0.15) is 52.9 Å². The lowest BCUT2D eigenvalue weighted by molar-refractivity contribution is -0.00836. The van der Waals surface area contributed by atoms with E-state index >= 15 is 0 Å². The summed E-state index contributed by atoms with van der Waals surface area (Å²) in [6, 6.07) is 0. The van der Waals surface area contributed by atoms with Gasteiger partial charge in [-0.25, -0.2) is 0 Å². The smallest absolute Gasteiger partial charge is 0.0625 e. The highest BCUT2D eigenvalue weighted by atomic mass is 16.5. The number of aliphatic hydroxyl groups is 1. The fraction of sp³-hybridized carbons (Fsp3) is 1.00. The lowest BCUT2D eigenvalue weighted by atomic mass is 9.83. The van der Waals surface area contributed by atoms with Crippen LogP contribution in [0.5, 0.6) is 0 Å². The van der Waals surface area contributed by atoms with Crippen molar-refractivity contribution in [1.82, 2.24) is 0 Å². The molecular formula is C13H26O2. The molecule has 2 heteroatoms. The third kappa shape index (κ3) is 3.46. The third-order valence-corrected chi connectivity index (χ3v) is 3.86. The van der Waals surface area contributed by atoms with Crippen LogP contribution in [0.2, 0.25) is 0 Å². The van der Waals surface area contributed by atoms with Crippen LogP contribution in [-0.4, -0.2) is 23.9 Å². The Morgan fingerprint density at radius 3 is 2.53 bits per heavy atom. The van der Waals surface area contributed by atoms with Gasteiger partial charge in [0, 0.05) is 7.11 Å². The first-order valence-electron chi connectivity index (χ1n) is 6.23. The summed E-state index contributed by atoms with van der Waals surface area (Å²) in [5.41, 5.74) is -0.0410. The van der Waals surface area contributed by atoms with Crippen LogP contribution < -0.4 is 0 Å². The summed E-state index contributed by atoms with van der Waals surface area (Å²) in [5.74, 6) is 1.15. The SMILES string of the molecule is CCCC1C(O)CCC1CC(C)(C)OC. The number of ether oxygens (including phenoxy) is 1. The first kappa shape index (κ1) is 13.0. The monoisotopic (exact) mass is 214 g/mol. The molecule has 0 heterocycles. The van der Waals surface area contributed by atoms with Crippen molar-refractivity contribution in [3.05, 3.63) is 0 Å². The maximum atomic E-state index is 9.92. The second-order valence-corrected chi connectivity index (χ2v) is 5.53. The highest BCUT2D eigenvalue weighted by Gasteiger charge is 2.37. The molecule has 0 aromatic carbocycles. The van der Waals surface area contributed by atoms with E-state index in [-0.39, 0.29) is 11.7 Å². The molecule has 1 aliphatic carbocycles. The molecule has 1 N–H and O–H groups in total. The van der Waals surface area contributed by atoms with Crippen molar-refractivity contribution < 1.29 is 9.84 Å². The molecule has 0 aliphatic heterocycles. The van der Waals surface area contributed by atoms with Crippen LogP contribution in [0.4, 0.5) is 0 Å². The van der Waals surface area contributed by atoms with Gasteiger partial charge in [0.05, 0.1) is 11.7 Å². The van der Waals surface area contributed by atoms with Crippen molar-refractivity contribution in [3.63, 3.8) is 0 Å². The van der Waals surface area contributed by atoms with E-state index < -0.39 is 0 Å². The Morgan fingerprint density at radius 1 is 1.33 bits per heavy atom. The summed E-state index contributed by atoms with van der Waals surface area (Å²) in [6.07, 6.45) is 5.48. The molecule has 0 spiro atoms. The molecule has 1 fully saturated rings. The van der Waals surface area contributed by atoms with Crippen molar-refractivity contribution >= 4 is 0 Å². The normalized spacial score (nSPS) is 32.2. The lowest BCUT2D eigenvalue weighted by Crippen LogP contribution is -2.29. The van der Waals surface area contributed by atoms with Crippen molar-refractivity contribution in [2.75, 3.05) is 7.11 Å². The minimum Gasteiger partial charge on any atom is -0.393 e. The van der Waals surface area contributed by atoms with E-state index in [0.29, 0.717) is 11.8 Å². The van der Waals surface area contributed by atoms with Crippen LogP contribution in [-0.2, 0) is 4.74 Å². The maximum absolute atomic E-state index is 9.92. The van der Waals surface area contributed by atoms with Crippen molar-refractivity contribution in [2.45, 2.75) is 64.6 Å². The van der Waals surface area contributed by atoms with Crippen LogP contribution >= 0.6 is 0 Å². The molecule has 0 saturated heterocycles. The Bertz CT molecular complexity index is 189. The van der Waals surface area contributed by atoms with Crippen molar-refractivity contribution in [1.29, 1.82) is 0 Å². The van der Waals surface area contributed by atoms with Crippen LogP contribution in [0.15, 0.2) is 0 Å². The quantitative estimate of drug-likeness (QED) is 0.762. The fourth-order valence-corrected chi connectivity index (χ4v) is 2.86. The third-order valence-electron chi connectivity index (χ3n) is 3.86. The summed E-state index contributed by atoms with van der Waals surface area (Å²) in [7, 11) is 1.78. The van der Waals surface area contributed by atoms with Gasteiger partial charge in [-0.2, -0.15) is 0 Å². The summed E-state index contributed by atoms with van der Waals surface area (Å²) in [4.78, 5) is 0. The van der Waals surface area contributed by atoms with Gasteiger partial charge in [0.15, 0.2) is 0 Å². The Kier molecular flexibility index (Phi) is 4.60. The Hall–Kier alpha value is -0.0800. The average Bonchev–Trinajstić information content (AvgIpc) is 2.50. The highest BCUT2D eigenvalue weighted by molar-refractivity contribution is 4.88. The highest BCUT2D eigenvalue weighted by Crippen LogP contribution is 2.40. The minimum absolute atomic E-state index is 0.0410. The molecule has 3 atom stereocenters. The number of hydrogen-bond donors (Lipinski definition) is 1. The van der Waals surface area contributed by atoms with Gasteiger partial charge in [0.1, 0.15) is 0 Å². The van der Waals surface area contributed by atoms with Crippen LogP contribution in [0, 0.1) is 11.8 Å². The summed E-state index contributed by atoms with van der Waals surface area (Å²) >= 11 is 0. The molecule has 3 unspecified atom stereocenters. The van der Waals surface area contributed by atoms with Crippen molar-refractivity contribution in [3.8, 4) is 0 Å². The van der Waals surface area contributed by atoms with Gasteiger partial charge in [-0.15, -0.1) is 0 Å². The molecule has 90 valence electrons. The molecule has 2 nitrogen and oxygen atoms in total. The zero-order valence-corrected chi connectivity index (χ0v) is 10.6. The molecule has 0 aromatic heterocycles. The fourth-order valence-electron chi connectivity index (χ4n) is 2.86. The van der Waals surface area contributed by atoms with Gasteiger partial charge < -0.3 is 9.84 Å². The molecule has 1 rings (SSSR count). The van der Waals surface area contributed by atoms with E-state index in [1.165, 1.54) is 12.8 Å².